The van der Waals surface area contributed by atoms with Gasteiger partial charge in [0.15, 0.2) is 5.78 Å². The molecule has 0 aliphatic heterocycles. The van der Waals surface area contributed by atoms with Crippen molar-refractivity contribution in [2.75, 3.05) is 7.11 Å². The molecule has 5 rings (SSSR count). The second-order valence-corrected chi connectivity index (χ2v) is 13.1. The first-order valence-corrected chi connectivity index (χ1v) is 12.8. The maximum atomic E-state index is 13.9. The number of ether oxygens (including phenoxy) is 1. The molecule has 0 bridgehead atoms. The summed E-state index contributed by atoms with van der Waals surface area (Å²) >= 11 is 0. The van der Waals surface area contributed by atoms with E-state index < -0.39 is 5.41 Å². The van der Waals surface area contributed by atoms with Crippen molar-refractivity contribution in [3.63, 3.8) is 0 Å². The molecule has 0 aromatic rings. The molecule has 4 fully saturated rings. The Hall–Kier alpha value is -1.45. The Morgan fingerprint density at radius 3 is 2.41 bits per heavy atom. The van der Waals surface area contributed by atoms with Crippen molar-refractivity contribution in [2.45, 2.75) is 91.9 Å². The van der Waals surface area contributed by atoms with Crippen LogP contribution in [0.15, 0.2) is 11.6 Å². The zero-order valence-corrected chi connectivity index (χ0v) is 20.6. The molecule has 0 radical (unpaired) electrons. The average molecular weight is 441 g/mol. The Kier molecular flexibility index (Phi) is 4.91. The highest BCUT2D eigenvalue weighted by Crippen LogP contribution is 2.69. The van der Waals surface area contributed by atoms with E-state index in [1.807, 2.05) is 6.08 Å². The molecule has 7 unspecified atom stereocenters. The summed E-state index contributed by atoms with van der Waals surface area (Å²) in [5, 5.41) is 0. The molecular weight excluding hydrogens is 400 g/mol. The number of fused-ring (bicyclic) bond motifs is 7. The van der Waals surface area contributed by atoms with Gasteiger partial charge in [-0.15, -0.1) is 0 Å². The molecule has 32 heavy (non-hydrogen) atoms. The fourth-order valence-corrected chi connectivity index (χ4v) is 9.16. The maximum absolute atomic E-state index is 13.9. The number of hydrogen-bond donors (Lipinski definition) is 0. The van der Waals surface area contributed by atoms with E-state index in [9.17, 15) is 14.4 Å². The number of ketones is 2. The molecule has 0 aromatic heterocycles. The van der Waals surface area contributed by atoms with Crippen LogP contribution >= 0.6 is 0 Å². The molecule has 5 aliphatic rings. The summed E-state index contributed by atoms with van der Waals surface area (Å²) in [5.74, 6) is 1.20. The van der Waals surface area contributed by atoms with Crippen LogP contribution in [0, 0.1) is 45.3 Å². The summed E-state index contributed by atoms with van der Waals surface area (Å²) in [4.78, 5) is 39.3. The van der Waals surface area contributed by atoms with Crippen LogP contribution in [-0.4, -0.2) is 24.6 Å². The lowest BCUT2D eigenvalue weighted by Gasteiger charge is -2.63. The molecule has 0 saturated heterocycles. The first-order chi connectivity index (χ1) is 15.0. The maximum Gasteiger partial charge on any atom is 0.312 e. The van der Waals surface area contributed by atoms with Crippen LogP contribution in [-0.2, 0) is 19.1 Å². The van der Waals surface area contributed by atoms with Gasteiger partial charge in [-0.3, -0.25) is 14.4 Å². The predicted octanol–water partition coefficient (Wildman–Crippen LogP) is 5.68. The smallest absolute Gasteiger partial charge is 0.312 e. The number of allylic oxidation sites excluding steroid dienone is 2. The second kappa shape index (κ2) is 7.03. The fraction of sp³-hybridized carbons (Fsp3) is 0.821. The lowest BCUT2D eigenvalue weighted by molar-refractivity contribution is -0.178. The third-order valence-electron chi connectivity index (χ3n) is 11.1. The summed E-state index contributed by atoms with van der Waals surface area (Å²) < 4.78 is 5.36. The van der Waals surface area contributed by atoms with E-state index in [4.69, 9.17) is 4.74 Å². The molecule has 0 heterocycles. The minimum absolute atomic E-state index is 0.00587. The summed E-state index contributed by atoms with van der Waals surface area (Å²) in [6.07, 6.45) is 10.9. The molecule has 176 valence electrons. The Morgan fingerprint density at radius 2 is 1.69 bits per heavy atom. The van der Waals surface area contributed by atoms with Crippen molar-refractivity contribution in [1.82, 2.24) is 0 Å². The van der Waals surface area contributed by atoms with Crippen LogP contribution in [0.1, 0.15) is 91.9 Å². The van der Waals surface area contributed by atoms with E-state index in [0.717, 1.165) is 51.4 Å². The Morgan fingerprint density at radius 1 is 0.938 bits per heavy atom. The largest absolute Gasteiger partial charge is 0.469 e. The number of Topliss-reactive ketones (excluding diaryl/α,β-unsaturated/α-hetero) is 1. The molecule has 4 heteroatoms. The van der Waals surface area contributed by atoms with Crippen LogP contribution in [0.4, 0.5) is 0 Å². The van der Waals surface area contributed by atoms with E-state index in [0.29, 0.717) is 30.5 Å². The molecule has 0 spiro atoms. The van der Waals surface area contributed by atoms with Crippen LogP contribution in [0.2, 0.25) is 0 Å². The van der Waals surface area contributed by atoms with Gasteiger partial charge < -0.3 is 4.74 Å². The van der Waals surface area contributed by atoms with E-state index in [1.165, 1.54) is 12.7 Å². The quantitative estimate of drug-likeness (QED) is 0.492. The molecule has 5 aliphatic carbocycles. The Bertz CT molecular complexity index is 899. The van der Waals surface area contributed by atoms with E-state index in [2.05, 4.69) is 27.7 Å². The van der Waals surface area contributed by atoms with Gasteiger partial charge >= 0.3 is 5.97 Å². The number of methoxy groups -OCH3 is 1. The molecule has 0 N–H and O–H groups in total. The van der Waals surface area contributed by atoms with Gasteiger partial charge in [0.25, 0.3) is 0 Å². The van der Waals surface area contributed by atoms with Crippen LogP contribution in [0.5, 0.6) is 0 Å². The van der Waals surface area contributed by atoms with Gasteiger partial charge in [-0.1, -0.05) is 33.3 Å². The minimum Gasteiger partial charge on any atom is -0.469 e. The summed E-state index contributed by atoms with van der Waals surface area (Å²) in [6, 6.07) is 0. The average Bonchev–Trinajstić information content (AvgIpc) is 2.74. The molecule has 0 aromatic carbocycles. The summed E-state index contributed by atoms with van der Waals surface area (Å²) in [5.41, 5.74) is 0.933. The molecule has 4 nitrogen and oxygen atoms in total. The second-order valence-electron chi connectivity index (χ2n) is 13.1. The van der Waals surface area contributed by atoms with Gasteiger partial charge in [0.2, 0.25) is 0 Å². The molecule has 0 amide bonds. The highest BCUT2D eigenvalue weighted by atomic mass is 16.5. The highest BCUT2D eigenvalue weighted by molar-refractivity contribution is 5.96. The lowest BCUT2D eigenvalue weighted by Crippen LogP contribution is -2.60. The minimum atomic E-state index is -0.499. The Labute approximate surface area is 192 Å². The SMILES string of the molecule is COC(=O)C12CCC3C(C(=O)C=C4C5(C)CCC(=O)CC5CCC43C)C1CC(C)(C)CC2. The number of carbonyl (C=O) groups excluding carboxylic acids is 3. The third kappa shape index (κ3) is 2.89. The summed E-state index contributed by atoms with van der Waals surface area (Å²) in [6.45, 7) is 9.31. The van der Waals surface area contributed by atoms with Crippen molar-refractivity contribution in [3.05, 3.63) is 11.6 Å². The van der Waals surface area contributed by atoms with Crippen molar-refractivity contribution in [1.29, 1.82) is 0 Å². The number of hydrogen-bond acceptors (Lipinski definition) is 4. The van der Waals surface area contributed by atoms with Gasteiger partial charge in [-0.05, 0) is 91.4 Å². The predicted molar refractivity (Wildman–Crippen MR) is 123 cm³/mol. The van der Waals surface area contributed by atoms with E-state index >= 15 is 0 Å². The number of rotatable bonds is 1. The van der Waals surface area contributed by atoms with Crippen molar-refractivity contribution in [3.8, 4) is 0 Å². The monoisotopic (exact) mass is 440 g/mol. The zero-order chi connectivity index (χ0) is 23.1. The van der Waals surface area contributed by atoms with Crippen molar-refractivity contribution < 1.29 is 19.1 Å². The van der Waals surface area contributed by atoms with Gasteiger partial charge in [-0.2, -0.15) is 0 Å². The zero-order valence-electron chi connectivity index (χ0n) is 20.6. The van der Waals surface area contributed by atoms with Gasteiger partial charge in [0, 0.05) is 18.8 Å². The normalized spacial score (nSPS) is 47.3. The van der Waals surface area contributed by atoms with Crippen LogP contribution < -0.4 is 0 Å². The Balaban J connectivity index is 1.59. The first-order valence-electron chi connectivity index (χ1n) is 12.8. The third-order valence-corrected chi connectivity index (χ3v) is 11.1. The molecule has 4 saturated carbocycles. The number of carbonyl (C=O) groups is 3. The van der Waals surface area contributed by atoms with E-state index in [-0.39, 0.29) is 39.8 Å². The van der Waals surface area contributed by atoms with Crippen LogP contribution in [0.3, 0.4) is 0 Å². The van der Waals surface area contributed by atoms with E-state index in [1.54, 1.807) is 0 Å². The summed E-state index contributed by atoms with van der Waals surface area (Å²) in [7, 11) is 1.51. The molecule has 7 atom stereocenters. The standard InChI is InChI=1S/C28H40O4/c1-25(2)12-13-28(24(31)32-5)11-8-19-23(20(28)16-25)21(30)15-22-26(3)10-7-18(29)14-17(26)6-9-27(19,22)4/h15,17,19-20,23H,6-14,16H2,1-5H3. The van der Waals surface area contributed by atoms with Gasteiger partial charge in [-0.25, -0.2) is 0 Å². The van der Waals surface area contributed by atoms with Gasteiger partial charge in [0.1, 0.15) is 5.78 Å². The first kappa shape index (κ1) is 22.3. The van der Waals surface area contributed by atoms with Gasteiger partial charge in [0.05, 0.1) is 12.5 Å². The fourth-order valence-electron chi connectivity index (χ4n) is 9.16. The van der Waals surface area contributed by atoms with Crippen LogP contribution in [0.25, 0.3) is 0 Å². The highest BCUT2D eigenvalue weighted by Gasteiger charge is 2.65. The van der Waals surface area contributed by atoms with Crippen molar-refractivity contribution in [2.24, 2.45) is 45.3 Å². The number of esters is 1. The molecular formula is C28H40O4. The topological polar surface area (TPSA) is 60.4 Å². The van der Waals surface area contributed by atoms with Crippen molar-refractivity contribution >= 4 is 17.5 Å². The lowest BCUT2D eigenvalue weighted by atomic mass is 9.39.